The molecule has 33 heavy (non-hydrogen) atoms. The molecule has 0 bridgehead atoms. The number of fused-ring (bicyclic) bond motifs is 3. The number of methoxy groups -OCH3 is 1. The van der Waals surface area contributed by atoms with Gasteiger partial charge in [0.05, 0.1) is 19.0 Å². The second-order valence-corrected chi connectivity index (χ2v) is 8.82. The van der Waals surface area contributed by atoms with Crippen molar-refractivity contribution in [3.05, 3.63) is 58.9 Å². The smallest absolute Gasteiger partial charge is 0.227 e. The van der Waals surface area contributed by atoms with Gasteiger partial charge in [-0.2, -0.15) is 0 Å². The normalized spacial score (nSPS) is 16.5. The van der Waals surface area contributed by atoms with E-state index in [9.17, 15) is 4.79 Å². The standard InChI is InChI=1S/C24H25ClN6O2/c1-15-14-29(10-11-30(15)22(32)12-17-4-7-19(33-3)8-5-17)24-26-21-13-18(25)6-9-20(21)23-28-27-16(2)31(23)24/h4-9,13,15H,10-12,14H2,1-3H3/t15-/m1/s1. The number of aromatic nitrogens is 4. The Kier molecular flexibility index (Phi) is 5.54. The maximum atomic E-state index is 13.0. The van der Waals surface area contributed by atoms with Crippen molar-refractivity contribution < 1.29 is 9.53 Å². The SMILES string of the molecule is COc1ccc(CC(=O)N2CCN(c3nc4cc(Cl)ccc4c4nnc(C)n34)C[C@H]2C)cc1. The third-order valence-corrected chi connectivity index (χ3v) is 6.43. The van der Waals surface area contributed by atoms with Crippen molar-refractivity contribution >= 4 is 40.0 Å². The molecule has 5 rings (SSSR count). The number of hydrogen-bond acceptors (Lipinski definition) is 6. The van der Waals surface area contributed by atoms with Crippen molar-refractivity contribution in [1.29, 1.82) is 0 Å². The first kappa shape index (κ1) is 21.5. The Morgan fingerprint density at radius 1 is 1.15 bits per heavy atom. The Bertz CT molecular complexity index is 1340. The van der Waals surface area contributed by atoms with E-state index in [2.05, 4.69) is 22.0 Å². The van der Waals surface area contributed by atoms with Gasteiger partial charge in [-0.05, 0) is 49.7 Å². The van der Waals surface area contributed by atoms with E-state index in [0.717, 1.165) is 39.6 Å². The third-order valence-electron chi connectivity index (χ3n) is 6.19. The molecular weight excluding hydrogens is 440 g/mol. The maximum Gasteiger partial charge on any atom is 0.227 e. The van der Waals surface area contributed by atoms with E-state index in [1.54, 1.807) is 7.11 Å². The molecule has 0 radical (unpaired) electrons. The average molecular weight is 465 g/mol. The van der Waals surface area contributed by atoms with Gasteiger partial charge in [0.15, 0.2) is 5.65 Å². The fraction of sp³-hybridized carbons (Fsp3) is 0.333. The summed E-state index contributed by atoms with van der Waals surface area (Å²) in [4.78, 5) is 22.1. The van der Waals surface area contributed by atoms with Crippen molar-refractivity contribution in [1.82, 2.24) is 24.5 Å². The van der Waals surface area contributed by atoms with Crippen LogP contribution in [0.3, 0.4) is 0 Å². The molecule has 2 aromatic carbocycles. The van der Waals surface area contributed by atoms with Gasteiger partial charge in [0.1, 0.15) is 11.6 Å². The predicted molar refractivity (Wildman–Crippen MR) is 128 cm³/mol. The molecule has 4 aromatic rings. The Morgan fingerprint density at radius 2 is 1.94 bits per heavy atom. The van der Waals surface area contributed by atoms with E-state index in [4.69, 9.17) is 21.3 Å². The molecule has 1 aliphatic heterocycles. The molecule has 0 N–H and O–H groups in total. The Hall–Kier alpha value is -3.39. The highest BCUT2D eigenvalue weighted by atomic mass is 35.5. The molecule has 8 nitrogen and oxygen atoms in total. The van der Waals surface area contributed by atoms with Gasteiger partial charge in [-0.3, -0.25) is 4.79 Å². The summed E-state index contributed by atoms with van der Waals surface area (Å²) in [6.07, 6.45) is 0.371. The lowest BCUT2D eigenvalue weighted by Crippen LogP contribution is -2.55. The minimum atomic E-state index is 0.0354. The Morgan fingerprint density at radius 3 is 2.67 bits per heavy atom. The topological polar surface area (TPSA) is 75.9 Å². The summed E-state index contributed by atoms with van der Waals surface area (Å²) in [5, 5.41) is 10.2. The van der Waals surface area contributed by atoms with Crippen LogP contribution < -0.4 is 9.64 Å². The summed E-state index contributed by atoms with van der Waals surface area (Å²) in [5.41, 5.74) is 2.52. The summed E-state index contributed by atoms with van der Waals surface area (Å²) < 4.78 is 7.19. The van der Waals surface area contributed by atoms with Gasteiger partial charge in [0.25, 0.3) is 0 Å². The quantitative estimate of drug-likeness (QED) is 0.460. The number of benzene rings is 2. The number of carbonyl (C=O) groups excluding carboxylic acids is 1. The van der Waals surface area contributed by atoms with Gasteiger partial charge in [-0.1, -0.05) is 23.7 Å². The first-order chi connectivity index (χ1) is 15.9. The van der Waals surface area contributed by atoms with Crippen LogP contribution in [0.25, 0.3) is 16.6 Å². The molecule has 1 saturated heterocycles. The minimum Gasteiger partial charge on any atom is -0.497 e. The van der Waals surface area contributed by atoms with E-state index < -0.39 is 0 Å². The van der Waals surface area contributed by atoms with Crippen LogP contribution in [0, 0.1) is 6.92 Å². The molecule has 0 spiro atoms. The minimum absolute atomic E-state index is 0.0354. The van der Waals surface area contributed by atoms with E-state index in [1.807, 2.05) is 58.7 Å². The van der Waals surface area contributed by atoms with Gasteiger partial charge >= 0.3 is 0 Å². The van der Waals surface area contributed by atoms with Crippen molar-refractivity contribution in [3.8, 4) is 5.75 Å². The molecule has 0 unspecified atom stereocenters. The van der Waals surface area contributed by atoms with E-state index >= 15 is 0 Å². The number of hydrogen-bond donors (Lipinski definition) is 0. The summed E-state index contributed by atoms with van der Waals surface area (Å²) >= 11 is 6.23. The summed E-state index contributed by atoms with van der Waals surface area (Å²) in [6.45, 7) is 5.95. The first-order valence-electron chi connectivity index (χ1n) is 10.9. The molecule has 3 heterocycles. The van der Waals surface area contributed by atoms with Gasteiger partial charge in [-0.25, -0.2) is 9.38 Å². The lowest BCUT2D eigenvalue weighted by atomic mass is 10.1. The number of aryl methyl sites for hydroxylation is 1. The van der Waals surface area contributed by atoms with Gasteiger partial charge in [-0.15, -0.1) is 10.2 Å². The number of carbonyl (C=O) groups is 1. The second kappa shape index (κ2) is 8.51. The lowest BCUT2D eigenvalue weighted by Gasteiger charge is -2.40. The number of ether oxygens (including phenoxy) is 1. The molecule has 1 amide bonds. The van der Waals surface area contributed by atoms with Crippen molar-refractivity contribution in [3.63, 3.8) is 0 Å². The van der Waals surface area contributed by atoms with E-state index in [-0.39, 0.29) is 11.9 Å². The summed E-state index contributed by atoms with van der Waals surface area (Å²) in [5.74, 6) is 2.45. The van der Waals surface area contributed by atoms with E-state index in [0.29, 0.717) is 31.1 Å². The molecule has 2 aromatic heterocycles. The van der Waals surface area contributed by atoms with Crippen LogP contribution in [-0.2, 0) is 11.2 Å². The molecule has 9 heteroatoms. The zero-order chi connectivity index (χ0) is 23.1. The zero-order valence-corrected chi connectivity index (χ0v) is 19.6. The van der Waals surface area contributed by atoms with Crippen molar-refractivity contribution in [2.24, 2.45) is 0 Å². The van der Waals surface area contributed by atoms with Gasteiger partial charge in [0, 0.05) is 36.1 Å². The van der Waals surface area contributed by atoms with Gasteiger partial charge in [0.2, 0.25) is 11.9 Å². The molecule has 1 atom stereocenters. The van der Waals surface area contributed by atoms with Crippen molar-refractivity contribution in [2.45, 2.75) is 26.3 Å². The number of piperazine rings is 1. The van der Waals surface area contributed by atoms with Crippen LogP contribution in [0.4, 0.5) is 5.95 Å². The summed E-state index contributed by atoms with van der Waals surface area (Å²) in [7, 11) is 1.63. The largest absolute Gasteiger partial charge is 0.497 e. The second-order valence-electron chi connectivity index (χ2n) is 8.39. The molecular formula is C24H25ClN6O2. The molecule has 1 fully saturated rings. The lowest BCUT2D eigenvalue weighted by molar-refractivity contribution is -0.132. The molecule has 170 valence electrons. The van der Waals surface area contributed by atoms with E-state index in [1.165, 1.54) is 0 Å². The molecule has 0 saturated carbocycles. The Labute approximate surface area is 196 Å². The van der Waals surface area contributed by atoms with Crippen LogP contribution >= 0.6 is 11.6 Å². The number of halogens is 1. The van der Waals surface area contributed by atoms with Crippen LogP contribution in [0.5, 0.6) is 5.75 Å². The highest BCUT2D eigenvalue weighted by Crippen LogP contribution is 2.27. The number of nitrogens with zero attached hydrogens (tertiary/aromatic N) is 6. The van der Waals surface area contributed by atoms with Crippen LogP contribution in [0.2, 0.25) is 5.02 Å². The monoisotopic (exact) mass is 464 g/mol. The maximum absolute atomic E-state index is 13.0. The molecule has 1 aliphatic rings. The fourth-order valence-corrected chi connectivity index (χ4v) is 4.63. The van der Waals surface area contributed by atoms with Crippen LogP contribution in [0.1, 0.15) is 18.3 Å². The van der Waals surface area contributed by atoms with Gasteiger partial charge < -0.3 is 14.5 Å². The average Bonchev–Trinajstić information content (AvgIpc) is 3.20. The van der Waals surface area contributed by atoms with Crippen molar-refractivity contribution in [2.75, 3.05) is 31.6 Å². The molecule has 0 aliphatic carbocycles. The summed E-state index contributed by atoms with van der Waals surface area (Å²) in [6, 6.07) is 13.3. The first-order valence-corrected chi connectivity index (χ1v) is 11.3. The zero-order valence-electron chi connectivity index (χ0n) is 18.8. The Balaban J connectivity index is 1.39. The predicted octanol–water partition coefficient (Wildman–Crippen LogP) is 3.53. The third kappa shape index (κ3) is 3.95. The van der Waals surface area contributed by atoms with Crippen LogP contribution in [-0.4, -0.2) is 63.2 Å². The fourth-order valence-electron chi connectivity index (χ4n) is 4.46. The highest BCUT2D eigenvalue weighted by Gasteiger charge is 2.30. The number of anilines is 1. The number of amides is 1. The van der Waals surface area contributed by atoms with Crippen LogP contribution in [0.15, 0.2) is 42.5 Å². The highest BCUT2D eigenvalue weighted by molar-refractivity contribution is 6.31. The number of rotatable bonds is 4.